The van der Waals surface area contributed by atoms with Gasteiger partial charge in [0.05, 0.1) is 31.5 Å². The van der Waals surface area contributed by atoms with Crippen molar-refractivity contribution in [2.75, 3.05) is 52.3 Å². The van der Waals surface area contributed by atoms with Crippen LogP contribution in [0.4, 0.5) is 5.82 Å². The molecule has 6 rings (SSSR count). The number of para-hydroxylation sites is 1. The highest BCUT2D eigenvalue weighted by Crippen LogP contribution is 2.35. The minimum Gasteiger partial charge on any atom is -0.493 e. The minimum absolute atomic E-state index is 0.245. The first-order valence-corrected chi connectivity index (χ1v) is 12.8. The molecule has 200 valence electrons. The van der Waals surface area contributed by atoms with Crippen LogP contribution in [-0.4, -0.2) is 66.2 Å². The van der Waals surface area contributed by atoms with E-state index in [1.807, 2.05) is 60.7 Å². The van der Waals surface area contributed by atoms with Gasteiger partial charge in [0.15, 0.2) is 11.5 Å². The summed E-state index contributed by atoms with van der Waals surface area (Å²) in [6.07, 6.45) is 0. The van der Waals surface area contributed by atoms with Crippen LogP contribution in [0.15, 0.2) is 71.5 Å². The Labute approximate surface area is 224 Å². The topological polar surface area (TPSA) is 117 Å². The number of pyridine rings is 1. The zero-order valence-electron chi connectivity index (χ0n) is 21.6. The molecule has 0 unspecified atom stereocenters. The summed E-state index contributed by atoms with van der Waals surface area (Å²) in [5.74, 6) is 2.76. The van der Waals surface area contributed by atoms with E-state index in [1.54, 1.807) is 17.9 Å². The van der Waals surface area contributed by atoms with Crippen LogP contribution >= 0.6 is 0 Å². The number of nitrogen functional groups attached to an aromatic ring is 1. The zero-order valence-corrected chi connectivity index (χ0v) is 21.6. The van der Waals surface area contributed by atoms with E-state index in [0.29, 0.717) is 51.3 Å². The van der Waals surface area contributed by atoms with Gasteiger partial charge in [0.25, 0.3) is 5.56 Å². The molecule has 3 heterocycles. The van der Waals surface area contributed by atoms with Gasteiger partial charge in [-0.15, -0.1) is 0 Å². The van der Waals surface area contributed by atoms with E-state index in [-0.39, 0.29) is 11.4 Å². The second-order valence-electron chi connectivity index (χ2n) is 9.23. The molecular weight excluding hydrogens is 498 g/mol. The number of benzene rings is 3. The van der Waals surface area contributed by atoms with Crippen LogP contribution in [-0.2, 0) is 4.74 Å². The summed E-state index contributed by atoms with van der Waals surface area (Å²) in [5, 5.41) is 5.75. The molecule has 10 nitrogen and oxygen atoms in total. The number of morpholine rings is 1. The molecule has 2 aromatic heterocycles. The summed E-state index contributed by atoms with van der Waals surface area (Å²) in [4.78, 5) is 18.3. The predicted octanol–water partition coefficient (Wildman–Crippen LogP) is 3.96. The number of rotatable bonds is 8. The lowest BCUT2D eigenvalue weighted by atomic mass is 10.1. The molecule has 0 radical (unpaired) electrons. The van der Waals surface area contributed by atoms with E-state index in [4.69, 9.17) is 29.8 Å². The molecule has 1 aliphatic rings. The zero-order chi connectivity index (χ0) is 26.8. The average molecular weight is 528 g/mol. The van der Waals surface area contributed by atoms with Gasteiger partial charge in [0, 0.05) is 31.1 Å². The van der Waals surface area contributed by atoms with Crippen molar-refractivity contribution in [2.45, 2.75) is 0 Å². The fraction of sp³-hybridized carbons (Fsp3) is 0.241. The normalized spacial score (nSPS) is 14.1. The molecule has 1 fully saturated rings. The first-order valence-electron chi connectivity index (χ1n) is 12.8. The summed E-state index contributed by atoms with van der Waals surface area (Å²) in [7, 11) is 1.59. The third kappa shape index (κ3) is 4.99. The van der Waals surface area contributed by atoms with Gasteiger partial charge < -0.3 is 29.7 Å². The maximum atomic E-state index is 13.1. The predicted molar refractivity (Wildman–Crippen MR) is 149 cm³/mol. The number of aromatic amines is 1. The Hall–Kier alpha value is -4.54. The standard InChI is InChI=1S/C29H29N5O5/c1-36-24-17-22-23(18-25(24)38-16-13-33-11-14-37-15-12-33)31-29(35)26-27(22)32-34(28(26)30)19-7-9-21(10-8-19)39-20-5-3-2-4-6-20/h2-10,17-18H,11-16,30H2,1H3,(H,31,35). The van der Waals surface area contributed by atoms with Gasteiger partial charge in [-0.05, 0) is 42.5 Å². The molecule has 0 aliphatic carbocycles. The average Bonchev–Trinajstić information content (AvgIpc) is 3.32. The van der Waals surface area contributed by atoms with Crippen molar-refractivity contribution in [1.29, 1.82) is 0 Å². The smallest absolute Gasteiger partial charge is 0.261 e. The van der Waals surface area contributed by atoms with Crippen molar-refractivity contribution in [2.24, 2.45) is 0 Å². The molecular formula is C29H29N5O5. The number of anilines is 1. The molecule has 3 N–H and O–H groups in total. The van der Waals surface area contributed by atoms with Crippen molar-refractivity contribution in [3.8, 4) is 28.7 Å². The molecule has 39 heavy (non-hydrogen) atoms. The van der Waals surface area contributed by atoms with E-state index in [0.717, 1.165) is 38.6 Å². The Morgan fingerprint density at radius 1 is 1.00 bits per heavy atom. The third-order valence-corrected chi connectivity index (χ3v) is 6.78. The van der Waals surface area contributed by atoms with Crippen LogP contribution in [0.1, 0.15) is 0 Å². The quantitative estimate of drug-likeness (QED) is 0.312. The van der Waals surface area contributed by atoms with Crippen LogP contribution in [0, 0.1) is 0 Å². The van der Waals surface area contributed by atoms with Gasteiger partial charge in [-0.25, -0.2) is 4.68 Å². The molecule has 5 aromatic rings. The number of nitrogens with two attached hydrogens (primary N) is 1. The highest BCUT2D eigenvalue weighted by molar-refractivity contribution is 6.07. The summed E-state index contributed by atoms with van der Waals surface area (Å²) < 4.78 is 24.5. The summed E-state index contributed by atoms with van der Waals surface area (Å²) in [6, 6.07) is 20.5. The van der Waals surface area contributed by atoms with Crippen molar-refractivity contribution >= 4 is 27.6 Å². The van der Waals surface area contributed by atoms with Crippen LogP contribution < -0.4 is 25.5 Å². The lowest BCUT2D eigenvalue weighted by molar-refractivity contribution is 0.0321. The van der Waals surface area contributed by atoms with Gasteiger partial charge >= 0.3 is 0 Å². The number of fused-ring (bicyclic) bond motifs is 3. The summed E-state index contributed by atoms with van der Waals surface area (Å²) in [5.41, 5.74) is 7.89. The number of nitrogens with zero attached hydrogens (tertiary/aromatic N) is 3. The van der Waals surface area contributed by atoms with Crippen molar-refractivity contribution in [3.63, 3.8) is 0 Å². The number of methoxy groups -OCH3 is 1. The molecule has 0 bridgehead atoms. The first kappa shape index (κ1) is 24.8. The minimum atomic E-state index is -0.324. The monoisotopic (exact) mass is 527 g/mol. The maximum absolute atomic E-state index is 13.1. The van der Waals surface area contributed by atoms with E-state index in [1.165, 1.54) is 0 Å². The van der Waals surface area contributed by atoms with Crippen LogP contribution in [0.2, 0.25) is 0 Å². The fourth-order valence-corrected chi connectivity index (χ4v) is 4.75. The molecule has 0 spiro atoms. The van der Waals surface area contributed by atoms with E-state index in [9.17, 15) is 4.79 Å². The number of H-pyrrole nitrogens is 1. The Bertz CT molecular complexity index is 1660. The van der Waals surface area contributed by atoms with Crippen molar-refractivity contribution in [3.05, 3.63) is 77.1 Å². The molecule has 10 heteroatoms. The second-order valence-corrected chi connectivity index (χ2v) is 9.23. The highest BCUT2D eigenvalue weighted by Gasteiger charge is 2.19. The van der Waals surface area contributed by atoms with Crippen LogP contribution in [0.25, 0.3) is 27.5 Å². The van der Waals surface area contributed by atoms with Crippen LogP contribution in [0.5, 0.6) is 23.0 Å². The van der Waals surface area contributed by atoms with Crippen molar-refractivity contribution < 1.29 is 18.9 Å². The second kappa shape index (κ2) is 10.7. The Morgan fingerprint density at radius 2 is 1.74 bits per heavy atom. The Morgan fingerprint density at radius 3 is 2.49 bits per heavy atom. The number of hydrogen-bond donors (Lipinski definition) is 2. The lowest BCUT2D eigenvalue weighted by Crippen LogP contribution is -2.38. The van der Waals surface area contributed by atoms with Gasteiger partial charge in [-0.3, -0.25) is 9.69 Å². The third-order valence-electron chi connectivity index (χ3n) is 6.78. The van der Waals surface area contributed by atoms with E-state index < -0.39 is 0 Å². The number of nitrogens with one attached hydrogen (secondary N) is 1. The summed E-state index contributed by atoms with van der Waals surface area (Å²) >= 11 is 0. The number of ether oxygens (including phenoxy) is 4. The molecule has 1 aliphatic heterocycles. The van der Waals surface area contributed by atoms with Gasteiger partial charge in [0.1, 0.15) is 34.8 Å². The van der Waals surface area contributed by atoms with Crippen LogP contribution in [0.3, 0.4) is 0 Å². The Balaban J connectivity index is 1.31. The molecule has 1 saturated heterocycles. The molecule has 0 atom stereocenters. The molecule has 0 amide bonds. The largest absolute Gasteiger partial charge is 0.493 e. The van der Waals surface area contributed by atoms with E-state index >= 15 is 0 Å². The molecule has 3 aromatic carbocycles. The highest BCUT2D eigenvalue weighted by atomic mass is 16.5. The van der Waals surface area contributed by atoms with Gasteiger partial charge in [-0.1, -0.05) is 18.2 Å². The summed E-state index contributed by atoms with van der Waals surface area (Å²) in [6.45, 7) is 4.50. The number of aromatic nitrogens is 3. The fourth-order valence-electron chi connectivity index (χ4n) is 4.75. The van der Waals surface area contributed by atoms with Gasteiger partial charge in [0.2, 0.25) is 0 Å². The maximum Gasteiger partial charge on any atom is 0.261 e. The van der Waals surface area contributed by atoms with E-state index in [2.05, 4.69) is 9.88 Å². The SMILES string of the molecule is COc1cc2c(cc1OCCN1CCOCC1)[nH]c(=O)c1c(N)n(-c3ccc(Oc4ccccc4)cc3)nc12. The Kier molecular flexibility index (Phi) is 6.78. The van der Waals surface area contributed by atoms with Crippen molar-refractivity contribution in [1.82, 2.24) is 19.7 Å². The number of hydrogen-bond acceptors (Lipinski definition) is 8. The van der Waals surface area contributed by atoms with Gasteiger partial charge in [-0.2, -0.15) is 5.10 Å². The lowest BCUT2D eigenvalue weighted by Gasteiger charge is -2.26. The molecule has 0 saturated carbocycles. The first-order chi connectivity index (χ1) is 19.1.